The second-order valence-corrected chi connectivity index (χ2v) is 14.7. The minimum atomic E-state index is -4.78. The quantitative estimate of drug-likeness (QED) is 0.0188. The van der Waals surface area contributed by atoms with Crippen LogP contribution in [0.1, 0.15) is 174 Å². The average Bonchev–Trinajstić information content (AvgIpc) is 3.09. The first kappa shape index (κ1) is 49.0. The molecule has 2 atom stereocenters. The Morgan fingerprint density at radius 2 is 1.18 bits per heavy atom. The predicted octanol–water partition coefficient (Wildman–Crippen LogP) is 10.9. The van der Waals surface area contributed by atoms with Crippen LogP contribution in [-0.2, 0) is 28.2 Å². The lowest BCUT2D eigenvalue weighted by Crippen LogP contribution is -2.29. The van der Waals surface area contributed by atoms with Gasteiger partial charge in [-0.1, -0.05) is 152 Å². The maximum absolute atomic E-state index is 12.4. The van der Waals surface area contributed by atoms with Crippen LogP contribution in [0.3, 0.4) is 0 Å². The highest BCUT2D eigenvalue weighted by Crippen LogP contribution is 2.36. The highest BCUT2D eigenvalue weighted by molar-refractivity contribution is 7.46. The molecule has 296 valence electrons. The Bertz CT molecular complexity index is 986. The van der Waals surface area contributed by atoms with Crippen LogP contribution in [0.4, 0.5) is 0 Å². The van der Waals surface area contributed by atoms with Gasteiger partial charge in [0.1, 0.15) is 6.61 Å². The topological polar surface area (TPSA) is 140 Å². The minimum absolute atomic E-state index is 0.186. The molecule has 51 heavy (non-hydrogen) atoms. The van der Waals surface area contributed by atoms with Gasteiger partial charge in [0.2, 0.25) is 0 Å². The summed E-state index contributed by atoms with van der Waals surface area (Å²) in [4.78, 5) is 42.8. The number of carbonyl (C=O) groups excluding carboxylic acids is 2. The first-order valence-corrected chi connectivity index (χ1v) is 21.6. The second kappa shape index (κ2) is 36.3. The summed E-state index contributed by atoms with van der Waals surface area (Å²) >= 11 is 0. The maximum Gasteiger partial charge on any atom is 0.469 e. The number of aliphatic hydroxyl groups is 1. The van der Waals surface area contributed by atoms with Gasteiger partial charge in [-0.05, 0) is 57.8 Å². The van der Waals surface area contributed by atoms with Crippen molar-refractivity contribution in [2.75, 3.05) is 13.2 Å². The van der Waals surface area contributed by atoms with E-state index in [-0.39, 0.29) is 19.4 Å². The zero-order valence-corrected chi connectivity index (χ0v) is 33.0. The normalized spacial score (nSPS) is 13.6. The molecule has 9 nitrogen and oxygen atoms in total. The summed E-state index contributed by atoms with van der Waals surface area (Å²) < 4.78 is 26.3. The molecule has 0 heterocycles. The highest BCUT2D eigenvalue weighted by Gasteiger charge is 2.22. The van der Waals surface area contributed by atoms with Gasteiger partial charge in [-0.3, -0.25) is 14.1 Å². The Morgan fingerprint density at radius 1 is 0.627 bits per heavy atom. The van der Waals surface area contributed by atoms with E-state index < -0.39 is 38.6 Å². The predicted molar refractivity (Wildman–Crippen MR) is 208 cm³/mol. The van der Waals surface area contributed by atoms with Gasteiger partial charge < -0.3 is 24.4 Å². The van der Waals surface area contributed by atoms with Crippen molar-refractivity contribution in [3.63, 3.8) is 0 Å². The smallest absolute Gasteiger partial charge is 0.462 e. The number of phosphoric ester groups is 1. The van der Waals surface area contributed by atoms with E-state index in [0.29, 0.717) is 19.3 Å². The van der Waals surface area contributed by atoms with Crippen molar-refractivity contribution in [3.05, 3.63) is 48.6 Å². The first-order chi connectivity index (χ1) is 24.7. The molecule has 0 amide bonds. The molecule has 0 saturated heterocycles. The summed E-state index contributed by atoms with van der Waals surface area (Å²) in [5.41, 5.74) is 0. The summed E-state index contributed by atoms with van der Waals surface area (Å²) in [6, 6.07) is 0. The van der Waals surface area contributed by atoms with Gasteiger partial charge in [-0.15, -0.1) is 0 Å². The van der Waals surface area contributed by atoms with E-state index >= 15 is 0 Å². The number of rotatable bonds is 36. The fraction of sp³-hybridized carbons (Fsp3) is 0.756. The Labute approximate surface area is 310 Å². The molecule has 0 aromatic heterocycles. The van der Waals surface area contributed by atoms with Gasteiger partial charge in [0.15, 0.2) is 6.10 Å². The Kier molecular flexibility index (Phi) is 34.9. The number of phosphoric acid groups is 1. The lowest BCUT2D eigenvalue weighted by Gasteiger charge is -2.18. The Hall–Kier alpha value is -2.03. The molecule has 1 unspecified atom stereocenters. The largest absolute Gasteiger partial charge is 0.469 e. The maximum atomic E-state index is 12.4. The van der Waals surface area contributed by atoms with E-state index in [2.05, 4.69) is 42.7 Å². The molecule has 0 spiro atoms. The first-order valence-electron chi connectivity index (χ1n) is 20.0. The molecule has 0 fully saturated rings. The van der Waals surface area contributed by atoms with Crippen LogP contribution in [0.25, 0.3) is 0 Å². The number of carbonyl (C=O) groups is 2. The van der Waals surface area contributed by atoms with Crippen LogP contribution in [0.5, 0.6) is 0 Å². The summed E-state index contributed by atoms with van der Waals surface area (Å²) in [6.07, 6.45) is 39.9. The SMILES string of the molecule is CC/C=C/C/C=C/C=C/C(O)CCCCCCCC(=O)OC[C@H](COP(=O)(O)O)OC(=O)CCCCCCCCC/C=C\CCCCCCCC. The third-order valence-electron chi connectivity index (χ3n) is 8.44. The van der Waals surface area contributed by atoms with Crippen LogP contribution >= 0.6 is 7.82 Å². The number of unbranched alkanes of at least 4 members (excludes halogenated alkanes) is 17. The molecule has 0 bridgehead atoms. The monoisotopic (exact) mass is 740 g/mol. The number of ether oxygens (including phenoxy) is 2. The van der Waals surface area contributed by atoms with Gasteiger partial charge in [0.25, 0.3) is 0 Å². The minimum Gasteiger partial charge on any atom is -0.462 e. The molecule has 10 heteroatoms. The lowest BCUT2D eigenvalue weighted by atomic mass is 10.1. The van der Waals surface area contributed by atoms with E-state index in [9.17, 15) is 19.3 Å². The summed E-state index contributed by atoms with van der Waals surface area (Å²) in [6.45, 7) is 3.46. The van der Waals surface area contributed by atoms with Crippen molar-refractivity contribution >= 4 is 19.8 Å². The third kappa shape index (κ3) is 39.0. The van der Waals surface area contributed by atoms with Gasteiger partial charge in [0.05, 0.1) is 12.7 Å². The fourth-order valence-corrected chi connectivity index (χ4v) is 5.79. The van der Waals surface area contributed by atoms with Crippen molar-refractivity contribution in [1.82, 2.24) is 0 Å². The van der Waals surface area contributed by atoms with Crippen LogP contribution in [0.15, 0.2) is 48.6 Å². The van der Waals surface area contributed by atoms with Crippen molar-refractivity contribution in [3.8, 4) is 0 Å². The van der Waals surface area contributed by atoms with Crippen LogP contribution in [0, 0.1) is 0 Å². The van der Waals surface area contributed by atoms with Gasteiger partial charge in [-0.2, -0.15) is 0 Å². The van der Waals surface area contributed by atoms with Crippen molar-refractivity contribution in [2.45, 2.75) is 187 Å². The van der Waals surface area contributed by atoms with E-state index in [1.54, 1.807) is 6.08 Å². The third-order valence-corrected chi connectivity index (χ3v) is 8.92. The molecule has 0 aliphatic rings. The molecular weight excluding hydrogens is 667 g/mol. The molecule has 0 aromatic carbocycles. The second-order valence-electron chi connectivity index (χ2n) is 13.4. The molecule has 0 radical (unpaired) electrons. The fourth-order valence-electron chi connectivity index (χ4n) is 5.43. The number of aliphatic hydroxyl groups excluding tert-OH is 1. The molecule has 3 N–H and O–H groups in total. The molecule has 0 aromatic rings. The van der Waals surface area contributed by atoms with Crippen LogP contribution < -0.4 is 0 Å². The van der Waals surface area contributed by atoms with Crippen LogP contribution in [-0.4, -0.2) is 52.3 Å². The zero-order chi connectivity index (χ0) is 37.7. The summed E-state index contributed by atoms with van der Waals surface area (Å²) in [5.74, 6) is -0.967. The molecule has 0 rings (SSSR count). The summed E-state index contributed by atoms with van der Waals surface area (Å²) in [7, 11) is -4.78. The van der Waals surface area contributed by atoms with Crippen molar-refractivity contribution in [2.24, 2.45) is 0 Å². The van der Waals surface area contributed by atoms with Gasteiger partial charge >= 0.3 is 19.8 Å². The van der Waals surface area contributed by atoms with Crippen molar-refractivity contribution < 1.29 is 43.0 Å². The average molecular weight is 741 g/mol. The van der Waals surface area contributed by atoms with Gasteiger partial charge in [-0.25, -0.2) is 4.57 Å². The van der Waals surface area contributed by atoms with E-state index in [1.807, 2.05) is 18.2 Å². The van der Waals surface area contributed by atoms with E-state index in [1.165, 1.54) is 64.2 Å². The van der Waals surface area contributed by atoms with Crippen molar-refractivity contribution in [1.29, 1.82) is 0 Å². The Balaban J connectivity index is 4.03. The number of esters is 2. The lowest BCUT2D eigenvalue weighted by molar-refractivity contribution is -0.161. The number of hydrogen-bond acceptors (Lipinski definition) is 7. The molecular formula is C41H73O9P. The van der Waals surface area contributed by atoms with Crippen LogP contribution in [0.2, 0.25) is 0 Å². The highest BCUT2D eigenvalue weighted by atomic mass is 31.2. The summed E-state index contributed by atoms with van der Waals surface area (Å²) in [5, 5.41) is 10.1. The number of hydrogen-bond donors (Lipinski definition) is 3. The molecule has 0 aliphatic heterocycles. The number of allylic oxidation sites excluding steroid dienone is 7. The van der Waals surface area contributed by atoms with E-state index in [0.717, 1.165) is 64.2 Å². The zero-order valence-electron chi connectivity index (χ0n) is 32.1. The molecule has 0 aliphatic carbocycles. The molecule has 0 saturated carbocycles. The van der Waals surface area contributed by atoms with Gasteiger partial charge in [0, 0.05) is 12.8 Å². The standard InChI is InChI=1S/C41H73O9P/c1-3-5-7-9-11-12-13-14-15-16-17-18-19-20-22-26-31-35-41(44)50-39(37-49-51(45,46)47)36-48-40(43)34-30-27-23-25-29-33-38(42)32-28-24-21-10-8-6-4-2/h6,8,14-15,21,24,28,32,38-39,42H,3-5,7,9-13,16-20,22-23,25-27,29-31,33-37H2,1-2H3,(H2,45,46,47)/b8-6+,15-14-,24-21+,32-28+/t38?,39-/m1/s1. The van der Waals surface area contributed by atoms with E-state index in [4.69, 9.17) is 19.3 Å². The Morgan fingerprint density at radius 3 is 1.76 bits per heavy atom.